The van der Waals surface area contributed by atoms with Crippen LogP contribution in [0.1, 0.15) is 34.5 Å². The van der Waals surface area contributed by atoms with Crippen LogP contribution in [0.25, 0.3) is 16.3 Å². The molecule has 3 aromatic heterocycles. The lowest BCUT2D eigenvalue weighted by molar-refractivity contribution is 0.0724. The highest BCUT2D eigenvalue weighted by Gasteiger charge is 2.20. The maximum Gasteiger partial charge on any atom is 0.254 e. The Morgan fingerprint density at radius 1 is 1.21 bits per heavy atom. The van der Waals surface area contributed by atoms with Crippen molar-refractivity contribution in [1.82, 2.24) is 19.5 Å². The topological polar surface area (TPSA) is 76.5 Å². The zero-order chi connectivity index (χ0) is 16.7. The van der Waals surface area contributed by atoms with E-state index in [9.17, 15) is 4.79 Å². The van der Waals surface area contributed by atoms with E-state index in [0.717, 1.165) is 30.8 Å². The minimum Gasteiger partial charge on any atom is -0.384 e. The average molecular weight is 341 g/mol. The number of aryl methyl sites for hydroxylation is 1. The molecular formula is C17H19N5OS. The average Bonchev–Trinajstić information content (AvgIpc) is 3.21. The van der Waals surface area contributed by atoms with E-state index in [-0.39, 0.29) is 5.91 Å². The molecule has 2 N–H and O–H groups in total. The van der Waals surface area contributed by atoms with Gasteiger partial charge in [-0.3, -0.25) is 4.79 Å². The van der Waals surface area contributed by atoms with Crippen LogP contribution in [-0.4, -0.2) is 38.5 Å². The molecule has 0 aromatic carbocycles. The van der Waals surface area contributed by atoms with E-state index in [1.807, 2.05) is 24.0 Å². The molecule has 0 unspecified atom stereocenters. The van der Waals surface area contributed by atoms with Crippen molar-refractivity contribution in [2.45, 2.75) is 26.2 Å². The van der Waals surface area contributed by atoms with Crippen LogP contribution in [0.2, 0.25) is 0 Å². The van der Waals surface area contributed by atoms with Crippen molar-refractivity contribution >= 4 is 28.7 Å². The number of nitrogens with zero attached hydrogens (tertiary/aromatic N) is 4. The van der Waals surface area contributed by atoms with E-state index in [1.165, 1.54) is 11.3 Å². The number of likely N-dealkylation sites (tertiary alicyclic amines) is 1. The van der Waals surface area contributed by atoms with Gasteiger partial charge in [0.15, 0.2) is 11.5 Å². The summed E-state index contributed by atoms with van der Waals surface area (Å²) in [6, 6.07) is 7.53. The van der Waals surface area contributed by atoms with Crippen molar-refractivity contribution in [3.63, 3.8) is 0 Å². The van der Waals surface area contributed by atoms with Crippen LogP contribution in [0.15, 0.2) is 24.3 Å². The number of carbonyl (C=O) groups is 1. The molecule has 4 rings (SSSR count). The molecule has 7 heteroatoms. The van der Waals surface area contributed by atoms with E-state index in [2.05, 4.69) is 10.1 Å². The number of nitrogens with two attached hydrogens (primary N) is 1. The summed E-state index contributed by atoms with van der Waals surface area (Å²) in [4.78, 5) is 21.4. The Balaban J connectivity index is 1.72. The first kappa shape index (κ1) is 15.1. The van der Waals surface area contributed by atoms with Crippen molar-refractivity contribution in [1.29, 1.82) is 0 Å². The molecule has 6 nitrogen and oxygen atoms in total. The lowest BCUT2D eigenvalue weighted by Gasteiger charge is -2.26. The van der Waals surface area contributed by atoms with Crippen LogP contribution in [0, 0.1) is 6.92 Å². The van der Waals surface area contributed by atoms with Gasteiger partial charge < -0.3 is 10.6 Å². The molecule has 0 radical (unpaired) electrons. The van der Waals surface area contributed by atoms with Crippen molar-refractivity contribution in [2.24, 2.45) is 0 Å². The Kier molecular flexibility index (Phi) is 3.72. The normalized spacial score (nSPS) is 15.1. The first-order valence-corrected chi connectivity index (χ1v) is 8.96. The highest BCUT2D eigenvalue weighted by atomic mass is 32.1. The third-order valence-corrected chi connectivity index (χ3v) is 5.31. The summed E-state index contributed by atoms with van der Waals surface area (Å²) in [7, 11) is 0. The van der Waals surface area contributed by atoms with Crippen molar-refractivity contribution < 1.29 is 4.79 Å². The third-order valence-electron chi connectivity index (χ3n) is 4.32. The van der Waals surface area contributed by atoms with Crippen molar-refractivity contribution in [3.8, 4) is 10.7 Å². The van der Waals surface area contributed by atoms with Crippen molar-refractivity contribution in [3.05, 3.63) is 34.7 Å². The van der Waals surface area contributed by atoms with Crippen molar-refractivity contribution in [2.75, 3.05) is 18.8 Å². The lowest BCUT2D eigenvalue weighted by atomic mass is 10.1. The van der Waals surface area contributed by atoms with Gasteiger partial charge in [-0.1, -0.05) is 0 Å². The molecule has 0 aliphatic carbocycles. The maximum absolute atomic E-state index is 12.7. The van der Waals surface area contributed by atoms with E-state index >= 15 is 0 Å². The van der Waals surface area contributed by atoms with Crippen LogP contribution in [0.5, 0.6) is 0 Å². The monoisotopic (exact) mass is 341 g/mol. The van der Waals surface area contributed by atoms with E-state index in [4.69, 9.17) is 5.73 Å². The van der Waals surface area contributed by atoms with Crippen LogP contribution >= 0.6 is 11.3 Å². The smallest absolute Gasteiger partial charge is 0.254 e. The van der Waals surface area contributed by atoms with Gasteiger partial charge in [0, 0.05) is 23.5 Å². The van der Waals surface area contributed by atoms with Gasteiger partial charge in [-0.2, -0.15) is 4.52 Å². The van der Waals surface area contributed by atoms with Gasteiger partial charge in [-0.25, -0.2) is 4.98 Å². The molecule has 0 saturated carbocycles. The van der Waals surface area contributed by atoms with Crippen LogP contribution in [0.4, 0.5) is 5.82 Å². The van der Waals surface area contributed by atoms with E-state index in [0.29, 0.717) is 22.9 Å². The molecule has 0 spiro atoms. The predicted octanol–water partition coefficient (Wildman–Crippen LogP) is 2.97. The molecule has 24 heavy (non-hydrogen) atoms. The number of pyridine rings is 1. The summed E-state index contributed by atoms with van der Waals surface area (Å²) in [5.74, 6) is 1.10. The summed E-state index contributed by atoms with van der Waals surface area (Å²) in [6.07, 6.45) is 3.32. The number of piperidine rings is 1. The minimum atomic E-state index is 0.0282. The number of hydrogen-bond acceptors (Lipinski definition) is 5. The van der Waals surface area contributed by atoms with Gasteiger partial charge in [0.25, 0.3) is 5.91 Å². The number of aromatic nitrogens is 3. The molecule has 1 aliphatic heterocycles. The fourth-order valence-corrected chi connectivity index (χ4v) is 3.87. The Bertz CT molecular complexity index is 907. The van der Waals surface area contributed by atoms with Gasteiger partial charge in [0.2, 0.25) is 0 Å². The van der Waals surface area contributed by atoms with Crippen LogP contribution in [-0.2, 0) is 0 Å². The predicted molar refractivity (Wildman–Crippen MR) is 95.2 cm³/mol. The second kappa shape index (κ2) is 5.90. The molecule has 0 atom stereocenters. The fourth-order valence-electron chi connectivity index (χ4n) is 3.07. The Morgan fingerprint density at radius 2 is 2.00 bits per heavy atom. The molecule has 0 bridgehead atoms. The molecular weight excluding hydrogens is 322 g/mol. The summed E-state index contributed by atoms with van der Waals surface area (Å²) in [6.45, 7) is 3.68. The Labute approximate surface area is 143 Å². The minimum absolute atomic E-state index is 0.0282. The van der Waals surface area contributed by atoms with Crippen LogP contribution in [0.3, 0.4) is 0 Å². The first-order chi connectivity index (χ1) is 11.6. The summed E-state index contributed by atoms with van der Waals surface area (Å²) >= 11 is 1.64. The van der Waals surface area contributed by atoms with Crippen LogP contribution < -0.4 is 5.73 Å². The molecule has 1 amide bonds. The molecule has 1 fully saturated rings. The number of rotatable bonds is 2. The number of fused-ring (bicyclic) bond motifs is 1. The summed E-state index contributed by atoms with van der Waals surface area (Å²) in [5, 5.41) is 4.47. The summed E-state index contributed by atoms with van der Waals surface area (Å²) < 4.78 is 1.59. The first-order valence-electron chi connectivity index (χ1n) is 8.14. The molecule has 1 aliphatic rings. The zero-order valence-corrected chi connectivity index (χ0v) is 14.3. The second-order valence-corrected chi connectivity index (χ2v) is 7.43. The largest absolute Gasteiger partial charge is 0.384 e. The van der Waals surface area contributed by atoms with E-state index < -0.39 is 0 Å². The summed E-state index contributed by atoms with van der Waals surface area (Å²) in [5.41, 5.74) is 7.31. The molecule has 1 saturated heterocycles. The van der Waals surface area contributed by atoms with E-state index in [1.54, 1.807) is 28.0 Å². The Morgan fingerprint density at radius 3 is 2.71 bits per heavy atom. The number of nitrogen functional groups attached to an aromatic ring is 1. The number of carbonyl (C=O) groups excluding carboxylic acids is 1. The molecule has 3 aromatic rings. The standard InChI is InChI=1S/C17H19N5OS/c1-11-5-6-13(24-11)16-19-15-10-12(9-14(18)22(15)20-16)17(23)21-7-3-2-4-8-21/h5-6,9-10H,2-4,7-8,18H2,1H3. The van der Waals surface area contributed by atoms with Gasteiger partial charge in [-0.15, -0.1) is 16.4 Å². The SMILES string of the molecule is Cc1ccc(-c2nc3cc(C(=O)N4CCCCC4)cc(N)n3n2)s1. The van der Waals surface area contributed by atoms with Gasteiger partial charge >= 0.3 is 0 Å². The lowest BCUT2D eigenvalue weighted by Crippen LogP contribution is -2.35. The Hall–Kier alpha value is -2.41. The number of hydrogen-bond donors (Lipinski definition) is 1. The number of anilines is 1. The molecule has 124 valence electrons. The second-order valence-electron chi connectivity index (χ2n) is 6.14. The number of amides is 1. The zero-order valence-electron chi connectivity index (χ0n) is 13.5. The van der Waals surface area contributed by atoms with Gasteiger partial charge in [0.1, 0.15) is 5.82 Å². The maximum atomic E-state index is 12.7. The quantitative estimate of drug-likeness (QED) is 0.777. The highest BCUT2D eigenvalue weighted by molar-refractivity contribution is 7.15. The molecule has 4 heterocycles. The van der Waals surface area contributed by atoms with Gasteiger partial charge in [0.05, 0.1) is 4.88 Å². The fraction of sp³-hybridized carbons (Fsp3) is 0.353. The highest BCUT2D eigenvalue weighted by Crippen LogP contribution is 2.26. The number of thiophene rings is 1. The van der Waals surface area contributed by atoms with Gasteiger partial charge in [-0.05, 0) is 50.5 Å². The third kappa shape index (κ3) is 2.65.